The van der Waals surface area contributed by atoms with E-state index in [4.69, 9.17) is 16.9 Å². The quantitative estimate of drug-likeness (QED) is 0.612. The van der Waals surface area contributed by atoms with Gasteiger partial charge in [-0.1, -0.05) is 11.6 Å². The molecule has 0 fully saturated rings. The number of halogens is 2. The first kappa shape index (κ1) is 12.9. The van der Waals surface area contributed by atoms with E-state index in [1.807, 2.05) is 12.3 Å². The molecule has 0 radical (unpaired) electrons. The van der Waals surface area contributed by atoms with Crippen molar-refractivity contribution in [3.05, 3.63) is 46.9 Å². The monoisotopic (exact) mass is 278 g/mol. The van der Waals surface area contributed by atoms with Crippen molar-refractivity contribution in [2.45, 2.75) is 4.90 Å². The molecule has 0 aliphatic heterocycles. The Morgan fingerprint density at radius 2 is 2.00 bits per heavy atom. The van der Waals surface area contributed by atoms with Gasteiger partial charge in [0.1, 0.15) is 22.6 Å². The number of pyridine rings is 1. The number of rotatable bonds is 2. The first-order valence-electron chi connectivity index (χ1n) is 5.06. The van der Waals surface area contributed by atoms with Gasteiger partial charge in [0, 0.05) is 10.5 Å². The average molecular weight is 279 g/mol. The fraction of sp³-hybridized carbons (Fsp3) is 0.0769. The van der Waals surface area contributed by atoms with Crippen molar-refractivity contribution in [3.8, 4) is 17.3 Å². The highest BCUT2D eigenvalue weighted by Crippen LogP contribution is 2.30. The predicted molar refractivity (Wildman–Crippen MR) is 71.1 cm³/mol. The molecule has 0 unspecified atom stereocenters. The smallest absolute Gasteiger partial charge is 0.148 e. The van der Waals surface area contributed by atoms with Crippen LogP contribution in [0.5, 0.6) is 0 Å². The molecule has 0 spiro atoms. The number of hydrogen-bond donors (Lipinski definition) is 0. The molecule has 2 rings (SSSR count). The van der Waals surface area contributed by atoms with E-state index in [0.29, 0.717) is 11.3 Å². The number of nitrogens with zero attached hydrogens (tertiary/aromatic N) is 2. The van der Waals surface area contributed by atoms with Crippen molar-refractivity contribution in [2.24, 2.45) is 0 Å². The minimum absolute atomic E-state index is 0.170. The molecule has 0 saturated heterocycles. The molecule has 0 aliphatic rings. The molecule has 0 atom stereocenters. The van der Waals surface area contributed by atoms with Gasteiger partial charge in [0.25, 0.3) is 0 Å². The topological polar surface area (TPSA) is 36.7 Å². The first-order chi connectivity index (χ1) is 8.65. The molecule has 0 amide bonds. The van der Waals surface area contributed by atoms with Gasteiger partial charge in [-0.05, 0) is 36.6 Å². The number of aromatic nitrogens is 1. The van der Waals surface area contributed by atoms with Crippen molar-refractivity contribution in [2.75, 3.05) is 6.26 Å². The lowest BCUT2D eigenvalue weighted by molar-refractivity contribution is 0.628. The molecule has 1 aromatic carbocycles. The normalized spacial score (nSPS) is 10.1. The predicted octanol–water partition coefficient (Wildman–Crippen LogP) is 4.13. The molecule has 1 aromatic heterocycles. The zero-order chi connectivity index (χ0) is 13.1. The fourth-order valence-electron chi connectivity index (χ4n) is 1.52. The molecule has 0 aliphatic carbocycles. The summed E-state index contributed by atoms with van der Waals surface area (Å²) in [6.07, 6.45) is 1.86. The Labute approximate surface area is 113 Å². The zero-order valence-corrected chi connectivity index (χ0v) is 11.0. The van der Waals surface area contributed by atoms with Gasteiger partial charge < -0.3 is 0 Å². The maximum absolute atomic E-state index is 12.9. The van der Waals surface area contributed by atoms with Crippen LogP contribution in [0.15, 0.2) is 35.2 Å². The number of hydrogen-bond acceptors (Lipinski definition) is 3. The van der Waals surface area contributed by atoms with Crippen molar-refractivity contribution in [1.29, 1.82) is 5.26 Å². The molecule has 0 bridgehead atoms. The third-order valence-corrected chi connectivity index (χ3v) is 3.45. The molecule has 0 saturated carbocycles. The summed E-state index contributed by atoms with van der Waals surface area (Å²) in [4.78, 5) is 4.92. The summed E-state index contributed by atoms with van der Waals surface area (Å²) in [7, 11) is 0. The Morgan fingerprint density at radius 3 is 2.56 bits per heavy atom. The van der Waals surface area contributed by atoms with Crippen molar-refractivity contribution in [3.63, 3.8) is 0 Å². The Hall–Kier alpha value is -1.57. The van der Waals surface area contributed by atoms with E-state index in [1.54, 1.807) is 18.2 Å². The van der Waals surface area contributed by atoms with Crippen molar-refractivity contribution in [1.82, 2.24) is 4.98 Å². The summed E-state index contributed by atoms with van der Waals surface area (Å²) in [6.45, 7) is 0. The van der Waals surface area contributed by atoms with Crippen LogP contribution in [-0.4, -0.2) is 11.2 Å². The SMILES string of the molecule is CSc1cc(-c2ccc(F)cc2)nc(Cl)c1C#N. The Balaban J connectivity index is 2.56. The van der Waals surface area contributed by atoms with Gasteiger partial charge in [0.15, 0.2) is 0 Å². The number of nitriles is 1. The maximum Gasteiger partial charge on any atom is 0.148 e. The zero-order valence-electron chi connectivity index (χ0n) is 9.45. The van der Waals surface area contributed by atoms with Crippen molar-refractivity contribution >= 4 is 23.4 Å². The van der Waals surface area contributed by atoms with E-state index < -0.39 is 0 Å². The molecule has 5 heteroatoms. The summed E-state index contributed by atoms with van der Waals surface area (Å²) in [6, 6.07) is 9.79. The summed E-state index contributed by atoms with van der Waals surface area (Å²) in [5.41, 5.74) is 1.76. The van der Waals surface area contributed by atoms with Crippen LogP contribution in [0.3, 0.4) is 0 Å². The molecule has 2 nitrogen and oxygen atoms in total. The third kappa shape index (κ3) is 2.47. The number of benzene rings is 1. The molecule has 18 heavy (non-hydrogen) atoms. The van der Waals surface area contributed by atoms with E-state index >= 15 is 0 Å². The first-order valence-corrected chi connectivity index (χ1v) is 6.66. The molecule has 2 aromatic rings. The van der Waals surface area contributed by atoms with Crippen LogP contribution < -0.4 is 0 Å². The summed E-state index contributed by atoms with van der Waals surface area (Å²) in [5.74, 6) is -0.302. The largest absolute Gasteiger partial charge is 0.235 e. The van der Waals surface area contributed by atoms with E-state index in [2.05, 4.69) is 4.98 Å². The standard InChI is InChI=1S/C13H8ClFN2S/c1-18-12-6-11(17-13(14)10(12)7-16)8-2-4-9(15)5-3-8/h2-6H,1H3. The Kier molecular flexibility index (Phi) is 3.85. The van der Waals surface area contributed by atoms with Crippen molar-refractivity contribution < 1.29 is 4.39 Å². The van der Waals surface area contributed by atoms with Crippen LogP contribution >= 0.6 is 23.4 Å². The van der Waals surface area contributed by atoms with Crippen LogP contribution in [0.4, 0.5) is 4.39 Å². The van der Waals surface area contributed by atoms with E-state index in [0.717, 1.165) is 10.5 Å². The minimum atomic E-state index is -0.302. The highest BCUT2D eigenvalue weighted by Gasteiger charge is 2.11. The van der Waals surface area contributed by atoms with E-state index in [1.165, 1.54) is 23.9 Å². The van der Waals surface area contributed by atoms with Crippen LogP contribution in [0.1, 0.15) is 5.56 Å². The fourth-order valence-corrected chi connectivity index (χ4v) is 2.39. The number of thioether (sulfide) groups is 1. The van der Waals surface area contributed by atoms with Crippen LogP contribution in [0.2, 0.25) is 5.15 Å². The van der Waals surface area contributed by atoms with Gasteiger partial charge in [-0.3, -0.25) is 0 Å². The van der Waals surface area contributed by atoms with Crippen LogP contribution in [0, 0.1) is 17.1 Å². The average Bonchev–Trinajstić information content (AvgIpc) is 2.38. The lowest BCUT2D eigenvalue weighted by Crippen LogP contribution is -1.91. The van der Waals surface area contributed by atoms with Crippen LogP contribution in [0.25, 0.3) is 11.3 Å². The summed E-state index contributed by atoms with van der Waals surface area (Å²) < 4.78 is 12.9. The highest BCUT2D eigenvalue weighted by molar-refractivity contribution is 7.98. The minimum Gasteiger partial charge on any atom is -0.235 e. The Bertz CT molecular complexity index is 620. The van der Waals surface area contributed by atoms with E-state index in [9.17, 15) is 4.39 Å². The lowest BCUT2D eigenvalue weighted by Gasteiger charge is -2.06. The second-order valence-electron chi connectivity index (χ2n) is 3.49. The second-order valence-corrected chi connectivity index (χ2v) is 4.70. The van der Waals surface area contributed by atoms with Crippen LogP contribution in [-0.2, 0) is 0 Å². The van der Waals surface area contributed by atoms with Gasteiger partial charge in [-0.15, -0.1) is 11.8 Å². The molecule has 90 valence electrons. The summed E-state index contributed by atoms with van der Waals surface area (Å²) >= 11 is 7.40. The van der Waals surface area contributed by atoms with Gasteiger partial charge >= 0.3 is 0 Å². The Morgan fingerprint density at radius 1 is 1.33 bits per heavy atom. The summed E-state index contributed by atoms with van der Waals surface area (Å²) in [5, 5.41) is 9.16. The molecule has 1 heterocycles. The van der Waals surface area contributed by atoms with Gasteiger partial charge in [-0.2, -0.15) is 5.26 Å². The molecular formula is C13H8ClFN2S. The maximum atomic E-state index is 12.9. The van der Waals surface area contributed by atoms with Gasteiger partial charge in [0.05, 0.1) is 5.69 Å². The van der Waals surface area contributed by atoms with Gasteiger partial charge in [0.2, 0.25) is 0 Å². The molecule has 0 N–H and O–H groups in total. The lowest BCUT2D eigenvalue weighted by atomic mass is 10.1. The third-order valence-electron chi connectivity index (χ3n) is 2.41. The highest BCUT2D eigenvalue weighted by atomic mass is 35.5. The molecular weight excluding hydrogens is 271 g/mol. The van der Waals surface area contributed by atoms with E-state index in [-0.39, 0.29) is 11.0 Å². The van der Waals surface area contributed by atoms with Gasteiger partial charge in [-0.25, -0.2) is 9.37 Å². The second kappa shape index (κ2) is 5.38.